The van der Waals surface area contributed by atoms with E-state index in [2.05, 4.69) is 15.5 Å². The number of aromatic nitrogens is 4. The van der Waals surface area contributed by atoms with Crippen molar-refractivity contribution < 1.29 is 22.7 Å². The molecule has 1 aliphatic heterocycles. The molecule has 172 valence electrons. The van der Waals surface area contributed by atoms with Crippen LogP contribution in [0.1, 0.15) is 37.5 Å². The van der Waals surface area contributed by atoms with E-state index >= 15 is 4.39 Å². The molecule has 0 atom stereocenters. The zero-order valence-corrected chi connectivity index (χ0v) is 18.1. The molecule has 6 nitrogen and oxygen atoms in total. The first-order valence-electron chi connectivity index (χ1n) is 10.4. The van der Waals surface area contributed by atoms with Crippen molar-refractivity contribution in [2.24, 2.45) is 0 Å². The van der Waals surface area contributed by atoms with Crippen molar-refractivity contribution in [2.75, 3.05) is 11.9 Å². The van der Waals surface area contributed by atoms with E-state index in [1.807, 2.05) is 0 Å². The number of alkyl halides is 2. The van der Waals surface area contributed by atoms with Crippen LogP contribution in [0.5, 0.6) is 0 Å². The maximum absolute atomic E-state index is 16.2. The Labute approximate surface area is 186 Å². The average Bonchev–Trinajstić information content (AvgIpc) is 3.32. The Bertz CT molecular complexity index is 1410. The molecular weight excluding hydrogens is 438 g/mol. The number of hydrogen-bond acceptors (Lipinski definition) is 4. The van der Waals surface area contributed by atoms with Gasteiger partial charge in [-0.15, -0.1) is 10.2 Å². The first kappa shape index (κ1) is 21.4. The van der Waals surface area contributed by atoms with Crippen LogP contribution in [0.2, 0.25) is 0 Å². The second-order valence-corrected chi connectivity index (χ2v) is 8.63. The van der Waals surface area contributed by atoms with Crippen molar-refractivity contribution in [1.82, 2.24) is 19.3 Å². The number of nitrogens with zero attached hydrogens (tertiary/aromatic N) is 4. The van der Waals surface area contributed by atoms with Gasteiger partial charge in [0.15, 0.2) is 11.6 Å². The van der Waals surface area contributed by atoms with Gasteiger partial charge in [-0.2, -0.15) is 0 Å². The molecule has 0 saturated carbocycles. The lowest BCUT2D eigenvalue weighted by molar-refractivity contribution is 0.151. The van der Waals surface area contributed by atoms with Gasteiger partial charge in [-0.25, -0.2) is 17.6 Å². The molecule has 0 radical (unpaired) electrons. The van der Waals surface area contributed by atoms with Crippen molar-refractivity contribution in [3.05, 3.63) is 59.3 Å². The molecule has 2 aromatic heterocycles. The summed E-state index contributed by atoms with van der Waals surface area (Å²) in [5, 5.41) is 21.0. The topological polar surface area (TPSA) is 67.9 Å². The predicted molar refractivity (Wildman–Crippen MR) is 116 cm³/mol. The SMILES string of the molecule is Cc1nnc2n1-c1c(cc(C(F)F)c(-c3cc(F)cc4c3ccn4CCO)c1F)NC2(C)C. The zero-order valence-electron chi connectivity index (χ0n) is 18.1. The molecular formula is C23H21F4N5O. The van der Waals surface area contributed by atoms with Crippen LogP contribution in [-0.2, 0) is 12.1 Å². The van der Waals surface area contributed by atoms with E-state index in [1.54, 1.807) is 37.6 Å². The molecule has 0 unspecified atom stereocenters. The van der Waals surface area contributed by atoms with Crippen LogP contribution in [0.25, 0.3) is 27.7 Å². The number of nitrogens with one attached hydrogen (secondary N) is 1. The van der Waals surface area contributed by atoms with Crippen LogP contribution in [0.15, 0.2) is 30.5 Å². The van der Waals surface area contributed by atoms with Gasteiger partial charge in [0.05, 0.1) is 23.3 Å². The Morgan fingerprint density at radius 3 is 2.61 bits per heavy atom. The highest BCUT2D eigenvalue weighted by Crippen LogP contribution is 2.46. The Hall–Kier alpha value is -3.40. The van der Waals surface area contributed by atoms with Gasteiger partial charge in [0.2, 0.25) is 0 Å². The van der Waals surface area contributed by atoms with Crippen LogP contribution in [0.3, 0.4) is 0 Å². The Kier molecular flexibility index (Phi) is 4.75. The van der Waals surface area contributed by atoms with E-state index in [1.165, 1.54) is 16.7 Å². The summed E-state index contributed by atoms with van der Waals surface area (Å²) in [5.41, 5.74) is -1.14. The maximum atomic E-state index is 16.2. The second-order valence-electron chi connectivity index (χ2n) is 8.63. The van der Waals surface area contributed by atoms with Crippen LogP contribution >= 0.6 is 0 Å². The highest BCUT2D eigenvalue weighted by Gasteiger charge is 2.38. The zero-order chi connectivity index (χ0) is 23.7. The summed E-state index contributed by atoms with van der Waals surface area (Å²) in [7, 11) is 0. The van der Waals surface area contributed by atoms with Gasteiger partial charge >= 0.3 is 0 Å². The van der Waals surface area contributed by atoms with Gasteiger partial charge in [0.1, 0.15) is 17.3 Å². The highest BCUT2D eigenvalue weighted by atomic mass is 19.3. The molecule has 33 heavy (non-hydrogen) atoms. The lowest BCUT2D eigenvalue weighted by Gasteiger charge is -2.35. The van der Waals surface area contributed by atoms with Gasteiger partial charge in [0.25, 0.3) is 6.43 Å². The maximum Gasteiger partial charge on any atom is 0.264 e. The van der Waals surface area contributed by atoms with E-state index < -0.39 is 29.2 Å². The first-order chi connectivity index (χ1) is 15.6. The molecule has 5 rings (SSSR count). The summed E-state index contributed by atoms with van der Waals surface area (Å²) >= 11 is 0. The molecule has 0 amide bonds. The number of fused-ring (bicyclic) bond motifs is 4. The Morgan fingerprint density at radius 2 is 1.91 bits per heavy atom. The largest absolute Gasteiger partial charge is 0.395 e. The number of halogens is 4. The third-order valence-corrected chi connectivity index (χ3v) is 6.02. The fourth-order valence-corrected chi connectivity index (χ4v) is 4.62. The van der Waals surface area contributed by atoms with E-state index in [4.69, 9.17) is 0 Å². The van der Waals surface area contributed by atoms with Gasteiger partial charge in [-0.05, 0) is 50.6 Å². The molecule has 0 spiro atoms. The van der Waals surface area contributed by atoms with Crippen molar-refractivity contribution in [1.29, 1.82) is 0 Å². The van der Waals surface area contributed by atoms with Crippen LogP contribution in [0.4, 0.5) is 23.2 Å². The quantitative estimate of drug-likeness (QED) is 0.419. The van der Waals surface area contributed by atoms with E-state index in [-0.39, 0.29) is 35.7 Å². The van der Waals surface area contributed by atoms with E-state index in [0.29, 0.717) is 22.6 Å². The number of anilines is 1. The summed E-state index contributed by atoms with van der Waals surface area (Å²) in [6, 6.07) is 5.11. The fraction of sp³-hybridized carbons (Fsp3) is 0.304. The predicted octanol–water partition coefficient (Wildman–Crippen LogP) is 5.07. The second kappa shape index (κ2) is 7.31. The van der Waals surface area contributed by atoms with Crippen molar-refractivity contribution in [3.8, 4) is 16.8 Å². The molecule has 0 fully saturated rings. The van der Waals surface area contributed by atoms with Gasteiger partial charge in [-0.3, -0.25) is 4.57 Å². The molecule has 2 aromatic carbocycles. The molecule has 10 heteroatoms. The third kappa shape index (κ3) is 3.12. The van der Waals surface area contributed by atoms with E-state index in [9.17, 15) is 18.3 Å². The molecule has 0 bridgehead atoms. The van der Waals surface area contributed by atoms with Crippen LogP contribution in [-0.4, -0.2) is 31.0 Å². The molecule has 0 aliphatic carbocycles. The number of benzene rings is 2. The lowest BCUT2D eigenvalue weighted by atomic mass is 9.92. The van der Waals surface area contributed by atoms with E-state index in [0.717, 1.165) is 6.07 Å². The minimum atomic E-state index is -3.01. The number of aliphatic hydroxyl groups excluding tert-OH is 1. The number of aryl methyl sites for hydroxylation is 1. The third-order valence-electron chi connectivity index (χ3n) is 6.02. The monoisotopic (exact) mass is 459 g/mol. The van der Waals surface area contributed by atoms with Crippen molar-refractivity contribution in [3.63, 3.8) is 0 Å². The van der Waals surface area contributed by atoms with Crippen LogP contribution < -0.4 is 5.32 Å². The number of hydrogen-bond donors (Lipinski definition) is 2. The normalized spacial score (nSPS) is 14.5. The minimum Gasteiger partial charge on any atom is -0.395 e. The summed E-state index contributed by atoms with van der Waals surface area (Å²) in [6.45, 7) is 5.23. The smallest absolute Gasteiger partial charge is 0.264 e. The number of rotatable bonds is 4. The Balaban J connectivity index is 1.87. The average molecular weight is 459 g/mol. The standard InChI is InChI=1S/C23H21F4N5O/c1-11-29-30-22-23(2,3)28-16-10-15(21(26)27)18(19(25)20(16)32(11)22)14-8-12(24)9-17-13(14)4-5-31(17)6-7-33/h4-5,8-10,21,28,33H,6-7H2,1-3H3. The van der Waals surface area contributed by atoms with Crippen molar-refractivity contribution in [2.45, 2.75) is 39.3 Å². The molecule has 1 aliphatic rings. The van der Waals surface area contributed by atoms with Crippen molar-refractivity contribution >= 4 is 16.6 Å². The van der Waals surface area contributed by atoms with Gasteiger partial charge in [-0.1, -0.05) is 0 Å². The molecule has 0 saturated heterocycles. The summed E-state index contributed by atoms with van der Waals surface area (Å²) in [6.07, 6.45) is -1.40. The van der Waals surface area contributed by atoms with Crippen LogP contribution in [0, 0.1) is 18.6 Å². The molecule has 4 aromatic rings. The lowest BCUT2D eigenvalue weighted by Crippen LogP contribution is -2.36. The minimum absolute atomic E-state index is 0.00870. The number of aliphatic hydroxyl groups is 1. The fourth-order valence-electron chi connectivity index (χ4n) is 4.62. The molecule has 2 N–H and O–H groups in total. The molecule has 3 heterocycles. The van der Waals surface area contributed by atoms with Gasteiger partial charge < -0.3 is 15.0 Å². The van der Waals surface area contributed by atoms with Gasteiger partial charge in [0, 0.05) is 29.3 Å². The first-order valence-corrected chi connectivity index (χ1v) is 10.4. The summed E-state index contributed by atoms with van der Waals surface area (Å²) < 4.78 is 62.4. The summed E-state index contributed by atoms with van der Waals surface area (Å²) in [5.74, 6) is -0.792. The Morgan fingerprint density at radius 1 is 1.15 bits per heavy atom. The summed E-state index contributed by atoms with van der Waals surface area (Å²) in [4.78, 5) is 0. The highest BCUT2D eigenvalue weighted by molar-refractivity contribution is 5.98.